The molecule has 1 saturated heterocycles. The zero-order valence-corrected chi connectivity index (χ0v) is 20.9. The first-order valence-corrected chi connectivity index (χ1v) is 14.2. The molecule has 2 heterocycles. The van der Waals surface area contributed by atoms with E-state index in [0.29, 0.717) is 44.7 Å². The average Bonchev–Trinajstić information content (AvgIpc) is 3.20. The Balaban J connectivity index is 1.51. The average molecular weight is 521 g/mol. The molecule has 0 N–H and O–H groups in total. The summed E-state index contributed by atoms with van der Waals surface area (Å²) in [6.45, 7) is 2.07. The highest BCUT2D eigenvalue weighted by Gasteiger charge is 2.30. The molecule has 0 amide bonds. The second-order valence-electron chi connectivity index (χ2n) is 9.50. The molecule has 1 unspecified atom stereocenters. The van der Waals surface area contributed by atoms with Gasteiger partial charge in [-0.15, -0.1) is 0 Å². The van der Waals surface area contributed by atoms with Gasteiger partial charge in [0.2, 0.25) is 5.75 Å². The Morgan fingerprint density at radius 3 is 2.25 bits per heavy atom. The predicted molar refractivity (Wildman–Crippen MR) is 133 cm³/mol. The Morgan fingerprint density at radius 1 is 0.917 bits per heavy atom. The normalized spacial score (nSPS) is 18.8. The highest BCUT2D eigenvalue weighted by Crippen LogP contribution is 2.31. The van der Waals surface area contributed by atoms with E-state index in [1.54, 1.807) is 18.6 Å². The van der Waals surface area contributed by atoms with Crippen molar-refractivity contribution in [2.24, 2.45) is 0 Å². The minimum atomic E-state index is -2.41. The lowest BCUT2D eigenvalue weighted by Crippen LogP contribution is -2.50. The smallest absolute Gasteiger partial charge is 0.316 e. The number of rotatable bonds is 5. The van der Waals surface area contributed by atoms with Crippen molar-refractivity contribution in [1.82, 2.24) is 14.1 Å². The Morgan fingerprint density at radius 2 is 1.58 bits per heavy atom. The molecule has 0 spiro atoms. The number of aromatic nitrogens is 2. The van der Waals surface area contributed by atoms with Gasteiger partial charge >= 0.3 is 5.56 Å². The molecular weight excluding hydrogens is 493 g/mol. The first-order valence-electron chi connectivity index (χ1n) is 11.7. The van der Waals surface area contributed by atoms with E-state index in [-0.39, 0.29) is 17.3 Å². The van der Waals surface area contributed by atoms with Gasteiger partial charge in [-0.3, -0.25) is 9.00 Å². The first-order chi connectivity index (χ1) is 17.1. The summed E-state index contributed by atoms with van der Waals surface area (Å²) in [5.74, 6) is -1.99. The summed E-state index contributed by atoms with van der Waals surface area (Å²) in [5.41, 5.74) is 1.50. The zero-order chi connectivity index (χ0) is 25.6. The maximum atomic E-state index is 13.9. The van der Waals surface area contributed by atoms with Gasteiger partial charge in [0.1, 0.15) is 29.2 Å². The van der Waals surface area contributed by atoms with E-state index in [0.717, 1.165) is 34.0 Å². The van der Waals surface area contributed by atoms with E-state index in [1.807, 2.05) is 9.21 Å². The fourth-order valence-electron chi connectivity index (χ4n) is 4.83. The molecular formula is C25H27F3N4O3S. The Hall–Kier alpha value is -3.18. The summed E-state index contributed by atoms with van der Waals surface area (Å²) in [4.78, 5) is 15.5. The van der Waals surface area contributed by atoms with E-state index < -0.39 is 33.4 Å². The topological polar surface area (TPSA) is 67.7 Å². The van der Waals surface area contributed by atoms with Crippen molar-refractivity contribution in [3.05, 3.63) is 81.5 Å². The SMILES string of the molecule is C[SH](C)(=O)N1CCN(c2cnn(-c3cc(F)cc(F)c3)c(=O)c2OC2Cc3ccc(F)cc3C2)CC1. The summed E-state index contributed by atoms with van der Waals surface area (Å²) in [7, 11) is -2.41. The molecule has 36 heavy (non-hydrogen) atoms. The van der Waals surface area contributed by atoms with Crippen LogP contribution in [0.4, 0.5) is 18.9 Å². The third kappa shape index (κ3) is 4.90. The van der Waals surface area contributed by atoms with Crippen LogP contribution in [0.3, 0.4) is 0 Å². The van der Waals surface area contributed by atoms with Crippen molar-refractivity contribution in [2.75, 3.05) is 43.6 Å². The largest absolute Gasteiger partial charge is 0.482 e. The molecule has 1 fully saturated rings. The summed E-state index contributed by atoms with van der Waals surface area (Å²) >= 11 is 0. The van der Waals surface area contributed by atoms with Crippen LogP contribution < -0.4 is 15.2 Å². The van der Waals surface area contributed by atoms with Crippen LogP contribution in [0.15, 0.2) is 47.4 Å². The standard InChI is InChI=1S/C25H27F3N4O3S/c1-36(2,34)31-7-5-30(6-8-31)23-15-29-32(21-13-19(27)12-20(28)14-21)25(33)24(23)35-22-10-16-3-4-18(26)9-17(16)11-22/h3-4,9,12-15,22,36H,5-8,10-11H2,1-2H3. The van der Waals surface area contributed by atoms with Crippen molar-refractivity contribution in [3.63, 3.8) is 0 Å². The maximum Gasteiger partial charge on any atom is 0.316 e. The lowest BCUT2D eigenvalue weighted by Gasteiger charge is -2.40. The number of anilines is 1. The van der Waals surface area contributed by atoms with Crippen molar-refractivity contribution in [1.29, 1.82) is 0 Å². The van der Waals surface area contributed by atoms with Gasteiger partial charge in [0, 0.05) is 57.6 Å². The van der Waals surface area contributed by atoms with Crippen LogP contribution in [-0.4, -0.2) is 63.1 Å². The van der Waals surface area contributed by atoms with Gasteiger partial charge in [-0.2, -0.15) is 9.78 Å². The summed E-state index contributed by atoms with van der Waals surface area (Å²) in [5, 5.41) is 4.19. The van der Waals surface area contributed by atoms with Gasteiger partial charge in [-0.1, -0.05) is 16.2 Å². The monoisotopic (exact) mass is 520 g/mol. The van der Waals surface area contributed by atoms with Crippen molar-refractivity contribution in [3.8, 4) is 11.4 Å². The lowest BCUT2D eigenvalue weighted by atomic mass is 10.1. The molecule has 2 aliphatic rings. The van der Waals surface area contributed by atoms with Gasteiger partial charge in [0.05, 0.1) is 11.9 Å². The second kappa shape index (κ2) is 9.36. The molecule has 7 nitrogen and oxygen atoms in total. The van der Waals surface area contributed by atoms with Crippen LogP contribution in [0.1, 0.15) is 11.1 Å². The number of hydrogen-bond donors (Lipinski definition) is 1. The quantitative estimate of drug-likeness (QED) is 0.524. The molecule has 0 radical (unpaired) electrons. The van der Waals surface area contributed by atoms with Crippen LogP contribution in [-0.2, 0) is 23.0 Å². The molecule has 5 rings (SSSR count). The van der Waals surface area contributed by atoms with Gasteiger partial charge in [-0.25, -0.2) is 17.5 Å². The number of benzene rings is 2. The number of piperazine rings is 1. The van der Waals surface area contributed by atoms with E-state index in [1.165, 1.54) is 18.3 Å². The molecule has 2 aromatic carbocycles. The molecule has 1 atom stereocenters. The van der Waals surface area contributed by atoms with Crippen molar-refractivity contribution >= 4 is 15.8 Å². The number of hydrogen-bond acceptors (Lipinski definition) is 5. The number of fused-ring (bicyclic) bond motifs is 1. The lowest BCUT2D eigenvalue weighted by molar-refractivity contribution is 0.209. The Bertz CT molecular complexity index is 1400. The van der Waals surface area contributed by atoms with Crippen molar-refractivity contribution < 1.29 is 22.1 Å². The molecule has 1 aromatic heterocycles. The van der Waals surface area contributed by atoms with Crippen LogP contribution >= 0.6 is 0 Å². The summed E-state index contributed by atoms with van der Waals surface area (Å²) in [6.07, 6.45) is 5.40. The van der Waals surface area contributed by atoms with E-state index in [4.69, 9.17) is 4.74 Å². The predicted octanol–water partition coefficient (Wildman–Crippen LogP) is 2.51. The van der Waals surface area contributed by atoms with Crippen LogP contribution in [0.5, 0.6) is 5.75 Å². The zero-order valence-electron chi connectivity index (χ0n) is 20.0. The van der Waals surface area contributed by atoms with Crippen LogP contribution in [0.25, 0.3) is 5.69 Å². The van der Waals surface area contributed by atoms with E-state index >= 15 is 0 Å². The second-order valence-corrected chi connectivity index (χ2v) is 12.7. The van der Waals surface area contributed by atoms with E-state index in [2.05, 4.69) is 5.10 Å². The molecule has 1 aliphatic heterocycles. The van der Waals surface area contributed by atoms with Gasteiger partial charge in [0.25, 0.3) is 0 Å². The molecule has 0 saturated carbocycles. The highest BCUT2D eigenvalue weighted by atomic mass is 32.3. The Kier molecular flexibility index (Phi) is 6.37. The molecule has 1 aliphatic carbocycles. The maximum absolute atomic E-state index is 13.9. The molecule has 3 aromatic rings. The van der Waals surface area contributed by atoms with Crippen LogP contribution in [0, 0.1) is 17.5 Å². The fourth-order valence-corrected chi connectivity index (χ4v) is 5.97. The molecule has 11 heteroatoms. The molecule has 0 bridgehead atoms. The van der Waals surface area contributed by atoms with Gasteiger partial charge in [0.15, 0.2) is 0 Å². The molecule has 192 valence electrons. The van der Waals surface area contributed by atoms with Gasteiger partial charge in [-0.05, 0) is 35.4 Å². The Labute approximate surface area is 207 Å². The minimum Gasteiger partial charge on any atom is -0.482 e. The van der Waals surface area contributed by atoms with Crippen molar-refractivity contribution in [2.45, 2.75) is 18.9 Å². The number of nitrogens with zero attached hydrogens (tertiary/aromatic N) is 4. The summed E-state index contributed by atoms with van der Waals surface area (Å²) in [6, 6.07) is 7.33. The minimum absolute atomic E-state index is 0.0116. The number of thiol groups is 1. The third-order valence-corrected chi connectivity index (χ3v) is 8.39. The van der Waals surface area contributed by atoms with E-state index in [9.17, 15) is 22.2 Å². The number of ether oxygens (including phenoxy) is 1. The van der Waals surface area contributed by atoms with Gasteiger partial charge < -0.3 is 9.64 Å². The fraction of sp³-hybridized carbons (Fsp3) is 0.360. The van der Waals surface area contributed by atoms with Crippen LogP contribution in [0.2, 0.25) is 0 Å². The highest BCUT2D eigenvalue weighted by molar-refractivity contribution is 7.99. The number of halogens is 3. The third-order valence-electron chi connectivity index (χ3n) is 6.63. The first kappa shape index (κ1) is 24.5. The summed E-state index contributed by atoms with van der Waals surface area (Å²) < 4.78 is 63.0.